The Morgan fingerprint density at radius 2 is 1.40 bits per heavy atom. The van der Waals surface area contributed by atoms with E-state index < -0.39 is 5.41 Å². The molecule has 0 amide bonds. The van der Waals surface area contributed by atoms with Gasteiger partial charge in [-0.05, 0) is 76.9 Å². The topological polar surface area (TPSA) is 46.5 Å². The van der Waals surface area contributed by atoms with Crippen LogP contribution in [0.2, 0.25) is 0 Å². The van der Waals surface area contributed by atoms with Gasteiger partial charge in [0.05, 0.1) is 0 Å². The lowest BCUT2D eigenvalue weighted by Crippen LogP contribution is -2.51. The molecule has 3 nitrogen and oxygen atoms in total. The van der Waals surface area contributed by atoms with Gasteiger partial charge in [-0.2, -0.15) is 0 Å². The maximum absolute atomic E-state index is 14.9. The molecule has 3 heteroatoms. The number of hydrogen-bond acceptors (Lipinski definition) is 3. The Hall–Kier alpha value is -4.37. The smallest absolute Gasteiger partial charge is 0.323 e. The van der Waals surface area contributed by atoms with Gasteiger partial charge in [0.2, 0.25) is 0 Å². The van der Waals surface area contributed by atoms with Crippen molar-refractivity contribution < 1.29 is 14.6 Å². The van der Waals surface area contributed by atoms with Crippen molar-refractivity contribution in [3.8, 4) is 11.5 Å². The van der Waals surface area contributed by atoms with E-state index in [9.17, 15) is 9.90 Å². The van der Waals surface area contributed by atoms with E-state index in [2.05, 4.69) is 54.6 Å². The molecule has 4 aliphatic carbocycles. The molecule has 0 aliphatic heterocycles. The summed E-state index contributed by atoms with van der Waals surface area (Å²) in [6.45, 7) is 0. The fraction of sp³-hybridized carbons (Fsp3) is 0.216. The lowest BCUT2D eigenvalue weighted by atomic mass is 9.50. The number of fused-ring (bicyclic) bond motifs is 3. The number of carbonyl (C=O) groups excluding carboxylic acids is 1. The number of phenols is 1. The minimum atomic E-state index is -1.08. The van der Waals surface area contributed by atoms with Crippen LogP contribution < -0.4 is 4.74 Å². The molecule has 9 rings (SSSR count). The third-order valence-corrected chi connectivity index (χ3v) is 9.68. The summed E-state index contributed by atoms with van der Waals surface area (Å²) in [5, 5.41) is 13.6. The van der Waals surface area contributed by atoms with Crippen molar-refractivity contribution in [3.05, 3.63) is 142 Å². The van der Waals surface area contributed by atoms with Gasteiger partial charge in [-0.3, -0.25) is 4.79 Å². The maximum atomic E-state index is 14.9. The Kier molecular flexibility index (Phi) is 5.19. The first kappa shape index (κ1) is 23.5. The van der Waals surface area contributed by atoms with Crippen molar-refractivity contribution in [2.75, 3.05) is 0 Å². The number of esters is 1. The van der Waals surface area contributed by atoms with Gasteiger partial charge in [-0.25, -0.2) is 0 Å². The molecule has 2 bridgehead atoms. The van der Waals surface area contributed by atoms with Crippen molar-refractivity contribution in [1.29, 1.82) is 0 Å². The highest BCUT2D eigenvalue weighted by molar-refractivity contribution is 5.96. The van der Waals surface area contributed by atoms with Gasteiger partial charge in [-0.1, -0.05) is 97.1 Å². The van der Waals surface area contributed by atoms with Crippen LogP contribution in [0.3, 0.4) is 0 Å². The summed E-state index contributed by atoms with van der Waals surface area (Å²) in [7, 11) is 0. The van der Waals surface area contributed by atoms with E-state index in [4.69, 9.17) is 4.74 Å². The molecule has 40 heavy (non-hydrogen) atoms. The van der Waals surface area contributed by atoms with E-state index in [0.29, 0.717) is 17.7 Å². The normalized spacial score (nSPS) is 22.3. The highest BCUT2D eigenvalue weighted by Crippen LogP contribution is 2.63. The van der Waals surface area contributed by atoms with Crippen molar-refractivity contribution in [2.24, 2.45) is 0 Å². The van der Waals surface area contributed by atoms with Gasteiger partial charge in [0.15, 0.2) is 0 Å². The van der Waals surface area contributed by atoms with Crippen LogP contribution in [0, 0.1) is 0 Å². The standard InChI is InChI=1S/C37H30O3/c38-35-26-14-4-2-11-24(26)20-21-32(35)37(36(39)40-33-19-9-12-23-10-1-3-13-25(23)33)22-31-27-15-5-7-17-29(27)34(37)30-18-8-6-16-28(30)31/h2,4-9,11-12,14-21,31,34,38H,1,3,10,13,22H2. The van der Waals surface area contributed by atoms with E-state index in [1.807, 2.05) is 48.5 Å². The lowest BCUT2D eigenvalue weighted by Gasteiger charge is -2.52. The van der Waals surface area contributed by atoms with Crippen LogP contribution >= 0.6 is 0 Å². The van der Waals surface area contributed by atoms with Crippen molar-refractivity contribution >= 4 is 16.7 Å². The van der Waals surface area contributed by atoms with Gasteiger partial charge in [0, 0.05) is 22.8 Å². The van der Waals surface area contributed by atoms with Gasteiger partial charge >= 0.3 is 5.97 Å². The first-order valence-corrected chi connectivity index (χ1v) is 14.4. The van der Waals surface area contributed by atoms with Crippen molar-refractivity contribution in [3.63, 3.8) is 0 Å². The summed E-state index contributed by atoms with van der Waals surface area (Å²) in [4.78, 5) is 14.9. The lowest BCUT2D eigenvalue weighted by molar-refractivity contribution is -0.143. The molecule has 196 valence electrons. The molecule has 5 aromatic carbocycles. The fourth-order valence-electron chi connectivity index (χ4n) is 7.93. The number of hydrogen-bond donors (Lipinski definition) is 1. The largest absolute Gasteiger partial charge is 0.507 e. The summed E-state index contributed by atoms with van der Waals surface area (Å²) in [5.41, 5.74) is 6.84. The Bertz CT molecular complexity index is 1770. The molecule has 0 aromatic heterocycles. The van der Waals surface area contributed by atoms with Crippen LogP contribution in [-0.4, -0.2) is 11.1 Å². The molecule has 0 fully saturated rings. The van der Waals surface area contributed by atoms with E-state index in [1.165, 1.54) is 16.7 Å². The van der Waals surface area contributed by atoms with Crippen LogP contribution in [0.5, 0.6) is 11.5 Å². The van der Waals surface area contributed by atoms with E-state index in [1.54, 1.807) is 0 Å². The van der Waals surface area contributed by atoms with Crippen molar-refractivity contribution in [1.82, 2.24) is 0 Å². The van der Waals surface area contributed by atoms with Crippen LogP contribution in [0.1, 0.15) is 70.0 Å². The summed E-state index contributed by atoms with van der Waals surface area (Å²) >= 11 is 0. The second-order valence-corrected chi connectivity index (χ2v) is 11.6. The zero-order valence-corrected chi connectivity index (χ0v) is 22.3. The highest BCUT2D eigenvalue weighted by Gasteiger charge is 2.59. The molecule has 0 radical (unpaired) electrons. The maximum Gasteiger partial charge on any atom is 0.323 e. The number of ether oxygens (including phenoxy) is 1. The number of rotatable bonds is 3. The molecule has 1 unspecified atom stereocenters. The SMILES string of the molecule is O=C(Oc1cccc2c1CCCC2)C1(c2ccc3ccccc3c2O)CC2c3ccccc3C1c1ccccc12. The number of aryl methyl sites for hydroxylation is 1. The summed E-state index contributed by atoms with van der Waals surface area (Å²) in [5.74, 6) is 0.318. The molecule has 5 aromatic rings. The molecule has 1 N–H and O–H groups in total. The first-order chi connectivity index (χ1) is 19.7. The molecule has 4 aliphatic rings. The Morgan fingerprint density at radius 3 is 2.17 bits per heavy atom. The number of benzene rings is 5. The monoisotopic (exact) mass is 522 g/mol. The summed E-state index contributed by atoms with van der Waals surface area (Å²) in [6, 6.07) is 35.0. The summed E-state index contributed by atoms with van der Waals surface area (Å²) < 4.78 is 6.51. The zero-order chi connectivity index (χ0) is 26.8. The molecule has 0 saturated carbocycles. The molecular formula is C37H30O3. The summed E-state index contributed by atoms with van der Waals surface area (Å²) in [6.07, 6.45) is 4.75. The van der Waals surface area contributed by atoms with Crippen LogP contribution in [0.15, 0.2) is 103 Å². The Labute approximate surface area is 234 Å². The number of phenolic OH excluding ortho intramolecular Hbond substituents is 1. The van der Waals surface area contributed by atoms with E-state index in [-0.39, 0.29) is 23.6 Å². The molecule has 0 saturated heterocycles. The second-order valence-electron chi connectivity index (χ2n) is 11.6. The predicted molar refractivity (Wildman–Crippen MR) is 157 cm³/mol. The van der Waals surface area contributed by atoms with Gasteiger partial charge in [0.25, 0.3) is 0 Å². The first-order valence-electron chi connectivity index (χ1n) is 14.4. The minimum absolute atomic E-state index is 0.0282. The third-order valence-electron chi connectivity index (χ3n) is 9.68. The third kappa shape index (κ3) is 3.21. The average molecular weight is 523 g/mol. The second kappa shape index (κ2) is 8.82. The quantitative estimate of drug-likeness (QED) is 0.193. The van der Waals surface area contributed by atoms with Crippen molar-refractivity contribution in [2.45, 2.75) is 49.4 Å². The van der Waals surface area contributed by atoms with E-state index >= 15 is 0 Å². The highest BCUT2D eigenvalue weighted by atomic mass is 16.5. The van der Waals surface area contributed by atoms with Crippen LogP contribution in [0.4, 0.5) is 0 Å². The van der Waals surface area contributed by atoms with Crippen LogP contribution in [0.25, 0.3) is 10.8 Å². The fourth-order valence-corrected chi connectivity index (χ4v) is 7.93. The Morgan fingerprint density at radius 1 is 0.725 bits per heavy atom. The van der Waals surface area contributed by atoms with E-state index in [0.717, 1.165) is 53.1 Å². The Balaban J connectivity index is 1.39. The predicted octanol–water partition coefficient (Wildman–Crippen LogP) is 7.95. The molecule has 0 heterocycles. The number of carbonyl (C=O) groups is 1. The van der Waals surface area contributed by atoms with Gasteiger partial charge in [0.1, 0.15) is 16.9 Å². The molecule has 1 atom stereocenters. The molecule has 0 spiro atoms. The van der Waals surface area contributed by atoms with Gasteiger partial charge < -0.3 is 9.84 Å². The average Bonchev–Trinajstić information content (AvgIpc) is 3.01. The zero-order valence-electron chi connectivity index (χ0n) is 22.3. The molecular weight excluding hydrogens is 492 g/mol. The van der Waals surface area contributed by atoms with Gasteiger partial charge in [-0.15, -0.1) is 0 Å². The number of aromatic hydroxyl groups is 1. The minimum Gasteiger partial charge on any atom is -0.507 e. The van der Waals surface area contributed by atoms with Crippen LogP contribution in [-0.2, 0) is 23.1 Å².